The van der Waals surface area contributed by atoms with Crippen LogP contribution >= 0.6 is 11.8 Å². The molecule has 2 aliphatic heterocycles. The zero-order valence-corrected chi connectivity index (χ0v) is 24.5. The minimum Gasteiger partial charge on any atom is -0.402 e. The van der Waals surface area contributed by atoms with E-state index < -0.39 is 48.3 Å². The fraction of sp³-hybridized carbons (Fsp3) is 0.630. The van der Waals surface area contributed by atoms with Crippen molar-refractivity contribution in [3.05, 3.63) is 30.3 Å². The lowest BCUT2D eigenvalue weighted by atomic mass is 9.96. The number of aliphatic hydroxyl groups is 1. The molecule has 2 fully saturated rings. The number of likely N-dealkylation sites (N-methyl/N-ethyl adjacent to an activating group) is 2. The number of carbonyl (C=O) groups is 4. The molecule has 2 saturated heterocycles. The average Bonchev–Trinajstić information content (AvgIpc) is 3.03. The van der Waals surface area contributed by atoms with E-state index in [4.69, 9.17) is 14.3 Å². The van der Waals surface area contributed by atoms with Gasteiger partial charge in [-0.1, -0.05) is 45.9 Å². The van der Waals surface area contributed by atoms with Crippen molar-refractivity contribution in [3.8, 4) is 0 Å². The van der Waals surface area contributed by atoms with Crippen LogP contribution in [0.3, 0.4) is 0 Å². The minimum absolute atomic E-state index is 0.0102. The lowest BCUT2D eigenvalue weighted by molar-refractivity contribution is -0.270. The molecule has 12 nitrogen and oxygen atoms in total. The summed E-state index contributed by atoms with van der Waals surface area (Å²) in [7, 11) is 0. The van der Waals surface area contributed by atoms with Crippen molar-refractivity contribution in [2.24, 2.45) is 0 Å². The number of benzene rings is 1. The molecule has 2 amide bonds. The highest BCUT2D eigenvalue weighted by Gasteiger charge is 2.58. The molecule has 2 aliphatic rings. The number of hydrogen-bond donors (Lipinski definition) is 1. The second-order valence-electron chi connectivity index (χ2n) is 9.62. The van der Waals surface area contributed by atoms with E-state index in [1.807, 2.05) is 67.8 Å². The summed E-state index contributed by atoms with van der Waals surface area (Å²) in [6, 6.07) is 8.37. The molecule has 2 bridgehead atoms. The molecule has 222 valence electrons. The summed E-state index contributed by atoms with van der Waals surface area (Å²) < 4.78 is 11.5. The first-order chi connectivity index (χ1) is 19.1. The first kappa shape index (κ1) is 31.7. The van der Waals surface area contributed by atoms with Crippen LogP contribution in [0.15, 0.2) is 35.2 Å². The zero-order valence-electron chi connectivity index (χ0n) is 23.7. The lowest BCUT2D eigenvalue weighted by Gasteiger charge is -2.43. The molecule has 0 spiro atoms. The van der Waals surface area contributed by atoms with E-state index in [1.165, 1.54) is 11.8 Å². The number of hydroxylamine groups is 2. The van der Waals surface area contributed by atoms with E-state index in [1.54, 1.807) is 0 Å². The van der Waals surface area contributed by atoms with Gasteiger partial charge in [0, 0.05) is 24.5 Å². The van der Waals surface area contributed by atoms with Crippen LogP contribution in [-0.2, 0) is 28.7 Å². The van der Waals surface area contributed by atoms with E-state index in [0.717, 1.165) is 14.9 Å². The summed E-state index contributed by atoms with van der Waals surface area (Å²) in [6.07, 6.45) is -1.70. The van der Waals surface area contributed by atoms with E-state index in [2.05, 4.69) is 0 Å². The van der Waals surface area contributed by atoms with Gasteiger partial charge >= 0.3 is 29.9 Å². The molecule has 2 unspecified atom stereocenters. The van der Waals surface area contributed by atoms with Gasteiger partial charge in [-0.25, -0.2) is 19.3 Å². The maximum Gasteiger partial charge on any atom is 0.359 e. The molecule has 0 aliphatic carbocycles. The van der Waals surface area contributed by atoms with Crippen LogP contribution < -0.4 is 0 Å². The van der Waals surface area contributed by atoms with Gasteiger partial charge in [0.1, 0.15) is 0 Å². The van der Waals surface area contributed by atoms with Gasteiger partial charge in [0.05, 0.1) is 25.1 Å². The predicted octanol–water partition coefficient (Wildman–Crippen LogP) is 1.92. The fourth-order valence-corrected chi connectivity index (χ4v) is 5.50. The second-order valence-corrected chi connectivity index (χ2v) is 10.7. The first-order valence-corrected chi connectivity index (χ1v) is 14.7. The molecule has 2 heterocycles. The maximum atomic E-state index is 14.2. The fourth-order valence-electron chi connectivity index (χ4n) is 4.53. The number of thioether (sulfide) groups is 1. The normalized spacial score (nSPS) is 23.8. The number of nitrogens with zero attached hydrogens (tertiary/aromatic N) is 4. The molecular formula is C27H40N4O8S. The Morgan fingerprint density at radius 2 is 1.43 bits per heavy atom. The van der Waals surface area contributed by atoms with Gasteiger partial charge in [0.15, 0.2) is 5.60 Å². The van der Waals surface area contributed by atoms with Gasteiger partial charge in [0.25, 0.3) is 0 Å². The lowest BCUT2D eigenvalue weighted by Crippen LogP contribution is -2.64. The largest absolute Gasteiger partial charge is 0.402 e. The van der Waals surface area contributed by atoms with Crippen molar-refractivity contribution in [1.82, 2.24) is 19.8 Å². The van der Waals surface area contributed by atoms with Crippen molar-refractivity contribution in [1.29, 1.82) is 0 Å². The Kier molecular flexibility index (Phi) is 11.2. The summed E-state index contributed by atoms with van der Waals surface area (Å²) in [5.74, 6) is -5.64. The highest BCUT2D eigenvalue weighted by Crippen LogP contribution is 2.37. The van der Waals surface area contributed by atoms with Crippen LogP contribution in [-0.4, -0.2) is 118 Å². The Bertz CT molecular complexity index is 1040. The number of urea groups is 1. The van der Waals surface area contributed by atoms with Gasteiger partial charge in [-0.2, -0.15) is 5.06 Å². The smallest absolute Gasteiger partial charge is 0.359 e. The van der Waals surface area contributed by atoms with Crippen molar-refractivity contribution < 1.29 is 38.6 Å². The van der Waals surface area contributed by atoms with Crippen LogP contribution in [0.4, 0.5) is 4.79 Å². The molecule has 3 rings (SSSR count). The van der Waals surface area contributed by atoms with Crippen molar-refractivity contribution >= 4 is 35.7 Å². The van der Waals surface area contributed by atoms with Crippen LogP contribution in [0.25, 0.3) is 0 Å². The molecule has 13 heteroatoms. The molecule has 1 aromatic rings. The summed E-state index contributed by atoms with van der Waals surface area (Å²) in [4.78, 5) is 64.9. The van der Waals surface area contributed by atoms with Crippen LogP contribution in [0.1, 0.15) is 40.5 Å². The summed E-state index contributed by atoms with van der Waals surface area (Å²) in [5.41, 5.74) is -2.51. The Morgan fingerprint density at radius 1 is 0.850 bits per heavy atom. The zero-order chi connectivity index (χ0) is 29.3. The minimum atomic E-state index is -2.51. The Labute approximate surface area is 239 Å². The third kappa shape index (κ3) is 7.65. The van der Waals surface area contributed by atoms with Gasteiger partial charge in [-0.3, -0.25) is 4.79 Å². The van der Waals surface area contributed by atoms with Crippen LogP contribution in [0.5, 0.6) is 0 Å². The highest BCUT2D eigenvalue weighted by atomic mass is 32.2. The predicted molar refractivity (Wildman–Crippen MR) is 147 cm³/mol. The molecule has 1 N–H and O–H groups in total. The molecule has 2 atom stereocenters. The molecule has 0 aromatic heterocycles. The Balaban J connectivity index is 2.10. The van der Waals surface area contributed by atoms with E-state index >= 15 is 0 Å². The molecule has 0 radical (unpaired) electrons. The van der Waals surface area contributed by atoms with Gasteiger partial charge in [-0.05, 0) is 38.3 Å². The maximum absolute atomic E-state index is 14.2. The second kappa shape index (κ2) is 14.2. The number of rotatable bonds is 13. The van der Waals surface area contributed by atoms with Crippen molar-refractivity contribution in [2.75, 3.05) is 58.1 Å². The van der Waals surface area contributed by atoms with Gasteiger partial charge in [-0.15, -0.1) is 11.8 Å². The van der Waals surface area contributed by atoms with E-state index in [9.17, 15) is 24.3 Å². The number of hydrogen-bond acceptors (Lipinski definition) is 11. The average molecular weight is 581 g/mol. The Morgan fingerprint density at radius 3 is 2.02 bits per heavy atom. The van der Waals surface area contributed by atoms with Crippen molar-refractivity contribution in [3.63, 3.8) is 0 Å². The van der Waals surface area contributed by atoms with E-state index in [0.29, 0.717) is 39.3 Å². The molecule has 1 aromatic carbocycles. The van der Waals surface area contributed by atoms with Gasteiger partial charge in [0.2, 0.25) is 0 Å². The summed E-state index contributed by atoms with van der Waals surface area (Å²) >= 11 is 1.22. The summed E-state index contributed by atoms with van der Waals surface area (Å²) in [5, 5.41) is 12.0. The van der Waals surface area contributed by atoms with Gasteiger partial charge < -0.3 is 29.2 Å². The molecular weight excluding hydrogens is 540 g/mol. The topological polar surface area (TPSA) is 129 Å². The SMILES string of the molecule is CCN(CC)CCN1OC(=O)CC2(O)CC(=O)OC(CSc3ccccc3)(OC2=O)N(CCN(CC)CC)C1=O. The summed E-state index contributed by atoms with van der Waals surface area (Å²) in [6.45, 7) is 11.4. The molecule has 0 saturated carbocycles. The van der Waals surface area contributed by atoms with Crippen LogP contribution in [0.2, 0.25) is 0 Å². The third-order valence-electron chi connectivity index (χ3n) is 7.06. The Hall–Kier alpha value is -2.87. The number of fused-ring (bicyclic) bond motifs is 3. The quantitative estimate of drug-likeness (QED) is 0.271. The number of ether oxygens (including phenoxy) is 2. The standard InChI is InChI=1S/C27H40N4O8S/c1-5-28(6-2)14-16-30-25(35)31(17-15-29(7-3)8-4)39-23(33)19-26(36)18-22(32)37-27(30,38-24(26)34)20-40-21-12-10-9-11-13-21/h9-13,36H,5-8,14-20H2,1-4H3. The monoisotopic (exact) mass is 580 g/mol. The van der Waals surface area contributed by atoms with Crippen LogP contribution in [0, 0.1) is 0 Å². The number of amides is 2. The van der Waals surface area contributed by atoms with E-state index in [-0.39, 0.29) is 18.8 Å². The molecule has 40 heavy (non-hydrogen) atoms. The van der Waals surface area contributed by atoms with Crippen molar-refractivity contribution in [2.45, 2.75) is 56.9 Å². The highest BCUT2D eigenvalue weighted by molar-refractivity contribution is 7.99. The number of carbonyl (C=O) groups excluding carboxylic acids is 4. The first-order valence-electron chi connectivity index (χ1n) is 13.7. The third-order valence-corrected chi connectivity index (χ3v) is 8.17. The number of esters is 2.